The zero-order valence-corrected chi connectivity index (χ0v) is 9.94. The van der Waals surface area contributed by atoms with E-state index in [4.69, 9.17) is 4.74 Å². The Morgan fingerprint density at radius 3 is 2.24 bits per heavy atom. The van der Waals surface area contributed by atoms with Crippen LogP contribution in [0.5, 0.6) is 5.75 Å². The van der Waals surface area contributed by atoms with Crippen molar-refractivity contribution in [3.63, 3.8) is 0 Å². The van der Waals surface area contributed by atoms with Gasteiger partial charge in [0.05, 0.1) is 7.11 Å². The average molecular weight is 240 g/mol. The monoisotopic (exact) mass is 240 g/mol. The van der Waals surface area contributed by atoms with Gasteiger partial charge in [0.2, 0.25) is 5.91 Å². The largest absolute Gasteiger partial charge is 0.464 e. The van der Waals surface area contributed by atoms with Crippen molar-refractivity contribution in [3.8, 4) is 5.75 Å². The molecule has 0 radical (unpaired) electrons. The van der Waals surface area contributed by atoms with E-state index < -0.39 is 17.8 Å². The number of ether oxygens (including phenoxy) is 2. The summed E-state index contributed by atoms with van der Waals surface area (Å²) in [5, 5.41) is 3.82. The zero-order valence-electron chi connectivity index (χ0n) is 9.94. The van der Waals surface area contributed by atoms with Gasteiger partial charge in [-0.3, -0.25) is 9.59 Å². The van der Waals surface area contributed by atoms with Crippen LogP contribution in [0.25, 0.3) is 0 Å². The smallest absolute Gasteiger partial charge is 0.360 e. The summed E-state index contributed by atoms with van der Waals surface area (Å²) in [4.78, 5) is 33.7. The molecule has 0 saturated heterocycles. The normalized spacial score (nSPS) is 9.88. The van der Waals surface area contributed by atoms with Gasteiger partial charge < -0.3 is 9.47 Å². The maximum atomic E-state index is 11.5. The summed E-state index contributed by atoms with van der Waals surface area (Å²) >= 11 is 0. The summed E-state index contributed by atoms with van der Waals surface area (Å²) in [5.41, 5.74) is 0.0727. The molecule has 17 heavy (non-hydrogen) atoms. The van der Waals surface area contributed by atoms with E-state index >= 15 is 0 Å². The van der Waals surface area contributed by atoms with E-state index in [-0.39, 0.29) is 17.1 Å². The quantitative estimate of drug-likeness (QED) is 0.702. The average Bonchev–Trinajstić information content (AvgIpc) is 2.55. The highest BCUT2D eigenvalue weighted by molar-refractivity contribution is 5.96. The fourth-order valence-corrected chi connectivity index (χ4v) is 1.28. The lowest BCUT2D eigenvalue weighted by Gasteiger charge is -2.04. The summed E-state index contributed by atoms with van der Waals surface area (Å²) < 4.78 is 10.2. The standard InChI is InChI=1S/C10H12N2O5/c1-5-9(17-7(3)14)8(10(15)16-4)12(11-5)6(2)13/h1-4H3. The van der Waals surface area contributed by atoms with Gasteiger partial charge in [-0.05, 0) is 6.92 Å². The van der Waals surface area contributed by atoms with Crippen molar-refractivity contribution in [1.82, 2.24) is 9.78 Å². The molecule has 0 unspecified atom stereocenters. The van der Waals surface area contributed by atoms with Gasteiger partial charge >= 0.3 is 11.9 Å². The number of nitrogens with zero attached hydrogens (tertiary/aromatic N) is 2. The Morgan fingerprint density at radius 2 is 1.82 bits per heavy atom. The van der Waals surface area contributed by atoms with Crippen molar-refractivity contribution >= 4 is 17.8 Å². The SMILES string of the molecule is COC(=O)c1c(OC(C)=O)c(C)nn1C(C)=O. The Morgan fingerprint density at radius 1 is 1.24 bits per heavy atom. The molecule has 0 aliphatic heterocycles. The van der Waals surface area contributed by atoms with Gasteiger partial charge in [0.25, 0.3) is 0 Å². The molecule has 0 aliphatic carbocycles. The van der Waals surface area contributed by atoms with Crippen LogP contribution in [-0.4, -0.2) is 34.7 Å². The van der Waals surface area contributed by atoms with Crippen LogP contribution < -0.4 is 4.74 Å². The van der Waals surface area contributed by atoms with Gasteiger partial charge in [-0.25, -0.2) is 4.79 Å². The minimum absolute atomic E-state index is 0.0560. The molecule has 0 bridgehead atoms. The van der Waals surface area contributed by atoms with Crippen molar-refractivity contribution < 1.29 is 23.9 Å². The minimum Gasteiger partial charge on any atom is -0.464 e. The van der Waals surface area contributed by atoms with Crippen LogP contribution in [0.3, 0.4) is 0 Å². The zero-order chi connectivity index (χ0) is 13.2. The molecule has 0 aliphatic rings. The maximum absolute atomic E-state index is 11.5. The number of aryl methyl sites for hydroxylation is 1. The van der Waals surface area contributed by atoms with E-state index in [0.717, 1.165) is 11.8 Å². The first-order chi connectivity index (χ1) is 7.88. The molecule has 1 rings (SSSR count). The van der Waals surface area contributed by atoms with Gasteiger partial charge in [-0.1, -0.05) is 0 Å². The fourth-order valence-electron chi connectivity index (χ4n) is 1.28. The lowest BCUT2D eigenvalue weighted by molar-refractivity contribution is -0.131. The fraction of sp³-hybridized carbons (Fsp3) is 0.400. The lowest BCUT2D eigenvalue weighted by Crippen LogP contribution is -2.18. The number of carbonyl (C=O) groups excluding carboxylic acids is 3. The highest BCUT2D eigenvalue weighted by Crippen LogP contribution is 2.24. The third-order valence-corrected chi connectivity index (χ3v) is 1.93. The Kier molecular flexibility index (Phi) is 3.62. The maximum Gasteiger partial charge on any atom is 0.360 e. The molecule has 7 nitrogen and oxygen atoms in total. The molecular formula is C10H12N2O5. The molecule has 7 heteroatoms. The van der Waals surface area contributed by atoms with E-state index in [1.807, 2.05) is 0 Å². The third kappa shape index (κ3) is 2.49. The summed E-state index contributed by atoms with van der Waals surface area (Å²) in [6.45, 7) is 3.94. The minimum atomic E-state index is -0.794. The van der Waals surface area contributed by atoms with E-state index in [1.165, 1.54) is 20.8 Å². The van der Waals surface area contributed by atoms with E-state index in [1.54, 1.807) is 0 Å². The number of aromatic nitrogens is 2. The highest BCUT2D eigenvalue weighted by atomic mass is 16.5. The Hall–Kier alpha value is -2.18. The Balaban J connectivity index is 3.41. The molecule has 0 fully saturated rings. The molecular weight excluding hydrogens is 228 g/mol. The van der Waals surface area contributed by atoms with Crippen LogP contribution in [0.4, 0.5) is 0 Å². The van der Waals surface area contributed by atoms with Crippen LogP contribution in [0, 0.1) is 6.92 Å². The first-order valence-electron chi connectivity index (χ1n) is 4.75. The van der Waals surface area contributed by atoms with Crippen LogP contribution in [-0.2, 0) is 9.53 Å². The third-order valence-electron chi connectivity index (χ3n) is 1.93. The number of hydrogen-bond acceptors (Lipinski definition) is 6. The van der Waals surface area contributed by atoms with Gasteiger partial charge in [-0.15, -0.1) is 0 Å². The second-order valence-corrected chi connectivity index (χ2v) is 3.28. The van der Waals surface area contributed by atoms with Crippen LogP contribution in [0.15, 0.2) is 0 Å². The second-order valence-electron chi connectivity index (χ2n) is 3.28. The van der Waals surface area contributed by atoms with Gasteiger partial charge in [0.1, 0.15) is 5.69 Å². The summed E-state index contributed by atoms with van der Waals surface area (Å²) in [7, 11) is 1.16. The first-order valence-corrected chi connectivity index (χ1v) is 4.75. The molecule has 0 spiro atoms. The van der Waals surface area contributed by atoms with Crippen molar-refractivity contribution in [1.29, 1.82) is 0 Å². The lowest BCUT2D eigenvalue weighted by atomic mass is 10.3. The van der Waals surface area contributed by atoms with Crippen molar-refractivity contribution in [3.05, 3.63) is 11.4 Å². The van der Waals surface area contributed by atoms with E-state index in [9.17, 15) is 14.4 Å². The number of hydrogen-bond donors (Lipinski definition) is 0. The molecule has 0 amide bonds. The Labute approximate surface area is 97.3 Å². The highest BCUT2D eigenvalue weighted by Gasteiger charge is 2.26. The van der Waals surface area contributed by atoms with Crippen LogP contribution >= 0.6 is 0 Å². The predicted octanol–water partition coefficient (Wildman–Crippen LogP) is 0.564. The molecule has 0 saturated carbocycles. The number of carbonyl (C=O) groups is 3. The molecule has 92 valence electrons. The summed E-state index contributed by atoms with van der Waals surface area (Å²) in [6, 6.07) is 0. The van der Waals surface area contributed by atoms with Crippen molar-refractivity contribution in [2.75, 3.05) is 7.11 Å². The summed E-state index contributed by atoms with van der Waals surface area (Å²) in [6.07, 6.45) is 0. The molecule has 1 heterocycles. The van der Waals surface area contributed by atoms with Gasteiger partial charge in [-0.2, -0.15) is 9.78 Å². The first kappa shape index (κ1) is 12.9. The second kappa shape index (κ2) is 4.77. The van der Waals surface area contributed by atoms with E-state index in [0.29, 0.717) is 0 Å². The molecule has 0 N–H and O–H groups in total. The number of methoxy groups -OCH3 is 1. The number of rotatable bonds is 2. The molecule has 1 aromatic rings. The number of esters is 2. The Bertz CT molecular complexity index is 489. The van der Waals surface area contributed by atoms with Crippen LogP contribution in [0.2, 0.25) is 0 Å². The topological polar surface area (TPSA) is 87.5 Å². The van der Waals surface area contributed by atoms with Crippen molar-refractivity contribution in [2.24, 2.45) is 0 Å². The van der Waals surface area contributed by atoms with Crippen molar-refractivity contribution in [2.45, 2.75) is 20.8 Å². The van der Waals surface area contributed by atoms with Gasteiger partial charge in [0, 0.05) is 13.8 Å². The predicted molar refractivity (Wildman–Crippen MR) is 55.9 cm³/mol. The van der Waals surface area contributed by atoms with E-state index in [2.05, 4.69) is 9.84 Å². The molecule has 0 aromatic carbocycles. The van der Waals surface area contributed by atoms with Crippen LogP contribution in [0.1, 0.15) is 34.8 Å². The van der Waals surface area contributed by atoms with Gasteiger partial charge in [0.15, 0.2) is 11.4 Å². The molecule has 1 aromatic heterocycles. The summed E-state index contributed by atoms with van der Waals surface area (Å²) in [5.74, 6) is -1.94. The molecule has 0 atom stereocenters.